The molecule has 130 valence electrons. The van der Waals surface area contributed by atoms with E-state index in [1.165, 1.54) is 12.1 Å². The third-order valence-electron chi connectivity index (χ3n) is 4.52. The molecule has 0 aliphatic carbocycles. The van der Waals surface area contributed by atoms with Gasteiger partial charge in [-0.1, -0.05) is 6.07 Å². The molecule has 2 heterocycles. The van der Waals surface area contributed by atoms with Crippen LogP contribution in [0.25, 0.3) is 0 Å². The fourth-order valence-corrected chi connectivity index (χ4v) is 3.15. The summed E-state index contributed by atoms with van der Waals surface area (Å²) in [5, 5.41) is 3.28. The molecule has 2 aliphatic rings. The Kier molecular flexibility index (Phi) is 5.45. The Balaban J connectivity index is 1.56. The maximum absolute atomic E-state index is 13.8. The van der Waals surface area contributed by atoms with Crippen molar-refractivity contribution in [2.24, 2.45) is 0 Å². The zero-order valence-electron chi connectivity index (χ0n) is 13.5. The van der Waals surface area contributed by atoms with E-state index < -0.39 is 11.6 Å². The highest BCUT2D eigenvalue weighted by Gasteiger charge is 2.29. The van der Waals surface area contributed by atoms with Gasteiger partial charge in [0.1, 0.15) is 17.7 Å². The molecule has 0 bridgehead atoms. The highest BCUT2D eigenvalue weighted by molar-refractivity contribution is 5.82. The molecular formula is C18H22F2N2O2. The normalized spacial score (nSPS) is 24.1. The van der Waals surface area contributed by atoms with Crippen molar-refractivity contribution in [3.05, 3.63) is 47.7 Å². The van der Waals surface area contributed by atoms with Gasteiger partial charge in [-0.05, 0) is 37.8 Å². The van der Waals surface area contributed by atoms with Crippen LogP contribution in [0.3, 0.4) is 0 Å². The second-order valence-corrected chi connectivity index (χ2v) is 6.31. The van der Waals surface area contributed by atoms with Gasteiger partial charge in [0.15, 0.2) is 0 Å². The number of amides is 1. The van der Waals surface area contributed by atoms with E-state index in [1.807, 2.05) is 6.08 Å². The molecule has 0 spiro atoms. The Bertz CT molecular complexity index is 621. The van der Waals surface area contributed by atoms with E-state index in [0.717, 1.165) is 31.7 Å². The fourth-order valence-electron chi connectivity index (χ4n) is 3.15. The summed E-state index contributed by atoms with van der Waals surface area (Å²) in [5.74, 6) is -1.25. The van der Waals surface area contributed by atoms with Crippen LogP contribution in [0.4, 0.5) is 8.78 Å². The Labute approximate surface area is 140 Å². The number of halogens is 2. The van der Waals surface area contributed by atoms with Crippen LogP contribution < -0.4 is 5.32 Å². The molecule has 2 aliphatic heterocycles. The minimum atomic E-state index is -0.611. The highest BCUT2D eigenvalue weighted by Crippen LogP contribution is 2.18. The summed E-state index contributed by atoms with van der Waals surface area (Å²) in [7, 11) is 0. The third-order valence-corrected chi connectivity index (χ3v) is 4.52. The predicted octanol–water partition coefficient (Wildman–Crippen LogP) is 2.74. The van der Waals surface area contributed by atoms with Gasteiger partial charge in [0, 0.05) is 31.3 Å². The van der Waals surface area contributed by atoms with Crippen LogP contribution in [0.15, 0.2) is 30.5 Å². The van der Waals surface area contributed by atoms with E-state index in [1.54, 1.807) is 11.2 Å². The van der Waals surface area contributed by atoms with Crippen LogP contribution in [-0.4, -0.2) is 36.0 Å². The van der Waals surface area contributed by atoms with E-state index in [0.29, 0.717) is 18.7 Å². The summed E-state index contributed by atoms with van der Waals surface area (Å²) in [6.45, 7) is 1.39. The number of benzene rings is 1. The van der Waals surface area contributed by atoms with Crippen LogP contribution in [0.5, 0.6) is 0 Å². The molecule has 1 amide bonds. The van der Waals surface area contributed by atoms with Gasteiger partial charge in [-0.2, -0.15) is 0 Å². The van der Waals surface area contributed by atoms with Crippen molar-refractivity contribution < 1.29 is 18.3 Å². The number of hydrogen-bond acceptors (Lipinski definition) is 3. The Hall–Kier alpha value is -1.95. The van der Waals surface area contributed by atoms with Gasteiger partial charge in [-0.3, -0.25) is 4.79 Å². The molecule has 6 heteroatoms. The first-order valence-corrected chi connectivity index (χ1v) is 8.40. The quantitative estimate of drug-likeness (QED) is 0.899. The van der Waals surface area contributed by atoms with Crippen molar-refractivity contribution in [3.63, 3.8) is 0 Å². The number of ether oxygens (including phenoxy) is 1. The number of allylic oxidation sites excluding steroid dienone is 1. The van der Waals surface area contributed by atoms with E-state index in [-0.39, 0.29) is 24.6 Å². The zero-order valence-corrected chi connectivity index (χ0v) is 13.5. The second-order valence-electron chi connectivity index (χ2n) is 6.31. The molecule has 0 radical (unpaired) electrons. The van der Waals surface area contributed by atoms with Gasteiger partial charge in [0.05, 0.1) is 12.3 Å². The van der Waals surface area contributed by atoms with E-state index in [2.05, 4.69) is 5.32 Å². The molecule has 4 nitrogen and oxygen atoms in total. The average molecular weight is 336 g/mol. The van der Waals surface area contributed by atoms with Crippen molar-refractivity contribution in [2.75, 3.05) is 13.1 Å². The number of likely N-dealkylation sites (tertiary alicyclic amines) is 1. The molecule has 1 saturated heterocycles. The third kappa shape index (κ3) is 4.12. The molecule has 0 saturated carbocycles. The predicted molar refractivity (Wildman–Crippen MR) is 86.0 cm³/mol. The summed E-state index contributed by atoms with van der Waals surface area (Å²) in [6, 6.07) is 3.21. The molecule has 24 heavy (non-hydrogen) atoms. The maximum atomic E-state index is 13.8. The molecule has 2 atom stereocenters. The number of carbonyl (C=O) groups is 1. The first-order valence-electron chi connectivity index (χ1n) is 8.40. The minimum absolute atomic E-state index is 0.0312. The first kappa shape index (κ1) is 16.9. The molecule has 0 unspecified atom stereocenters. The molecule has 1 N–H and O–H groups in total. The minimum Gasteiger partial charge on any atom is -0.497 e. The van der Waals surface area contributed by atoms with Crippen molar-refractivity contribution in [1.82, 2.24) is 10.2 Å². The van der Waals surface area contributed by atoms with Crippen LogP contribution in [0, 0.1) is 11.6 Å². The standard InChI is InChI=1S/C18H22F2N2O2/c19-14-7-6-13(16(20)10-14)12-22-8-3-5-17(18(22)23)21-11-15-4-1-2-9-24-15/h2,6-7,9-10,15,17,21H,1,3-5,8,11-12H2/t15-,17+/m0/s1. The topological polar surface area (TPSA) is 41.6 Å². The molecule has 3 rings (SSSR count). The van der Waals surface area contributed by atoms with Crippen LogP contribution in [0.2, 0.25) is 0 Å². The smallest absolute Gasteiger partial charge is 0.240 e. The molecule has 1 fully saturated rings. The number of piperidine rings is 1. The van der Waals surface area contributed by atoms with Gasteiger partial charge in [0.25, 0.3) is 0 Å². The average Bonchev–Trinajstić information content (AvgIpc) is 2.59. The van der Waals surface area contributed by atoms with E-state index >= 15 is 0 Å². The number of carbonyl (C=O) groups excluding carboxylic acids is 1. The molecule has 1 aromatic rings. The monoisotopic (exact) mass is 336 g/mol. The highest BCUT2D eigenvalue weighted by atomic mass is 19.1. The summed E-state index contributed by atoms with van der Waals surface area (Å²) < 4.78 is 32.3. The molecular weight excluding hydrogens is 314 g/mol. The van der Waals surface area contributed by atoms with Gasteiger partial charge in [-0.15, -0.1) is 0 Å². The van der Waals surface area contributed by atoms with Gasteiger partial charge >= 0.3 is 0 Å². The van der Waals surface area contributed by atoms with Crippen molar-refractivity contribution >= 4 is 5.91 Å². The Morgan fingerprint density at radius 2 is 2.17 bits per heavy atom. The summed E-state index contributed by atoms with van der Waals surface area (Å²) in [5.41, 5.74) is 0.339. The lowest BCUT2D eigenvalue weighted by Crippen LogP contribution is -2.51. The lowest BCUT2D eigenvalue weighted by atomic mass is 10.0. The van der Waals surface area contributed by atoms with Gasteiger partial charge in [0.2, 0.25) is 5.91 Å². The number of nitrogens with one attached hydrogen (secondary N) is 1. The Morgan fingerprint density at radius 3 is 2.92 bits per heavy atom. The SMILES string of the molecule is O=C1[C@H](NC[C@@H]2CCC=CO2)CCCN1Cc1ccc(F)cc1F. The Morgan fingerprint density at radius 1 is 1.29 bits per heavy atom. The number of hydrogen-bond donors (Lipinski definition) is 1. The summed E-state index contributed by atoms with van der Waals surface area (Å²) in [6.07, 6.45) is 7.34. The van der Waals surface area contributed by atoms with Crippen molar-refractivity contribution in [1.29, 1.82) is 0 Å². The van der Waals surface area contributed by atoms with E-state index in [9.17, 15) is 13.6 Å². The lowest BCUT2D eigenvalue weighted by Gasteiger charge is -2.33. The van der Waals surface area contributed by atoms with Gasteiger partial charge < -0.3 is 15.0 Å². The molecule has 0 aromatic heterocycles. The number of rotatable bonds is 5. The largest absolute Gasteiger partial charge is 0.497 e. The zero-order chi connectivity index (χ0) is 16.9. The van der Waals surface area contributed by atoms with E-state index in [4.69, 9.17) is 4.74 Å². The summed E-state index contributed by atoms with van der Waals surface area (Å²) in [4.78, 5) is 14.2. The van der Waals surface area contributed by atoms with Crippen LogP contribution in [0.1, 0.15) is 31.2 Å². The van der Waals surface area contributed by atoms with Gasteiger partial charge in [-0.25, -0.2) is 8.78 Å². The first-order chi connectivity index (χ1) is 11.6. The fraction of sp³-hybridized carbons (Fsp3) is 0.500. The van der Waals surface area contributed by atoms with Crippen LogP contribution in [-0.2, 0) is 16.1 Å². The van der Waals surface area contributed by atoms with Crippen molar-refractivity contribution in [3.8, 4) is 0 Å². The lowest BCUT2D eigenvalue weighted by molar-refractivity contribution is -0.136. The maximum Gasteiger partial charge on any atom is 0.240 e. The van der Waals surface area contributed by atoms with Crippen LogP contribution >= 0.6 is 0 Å². The van der Waals surface area contributed by atoms with Crippen molar-refractivity contribution in [2.45, 2.75) is 44.4 Å². The second kappa shape index (κ2) is 7.75. The molecule has 1 aromatic carbocycles. The summed E-state index contributed by atoms with van der Waals surface area (Å²) >= 11 is 0. The number of nitrogens with zero attached hydrogens (tertiary/aromatic N) is 1.